The van der Waals surface area contributed by atoms with E-state index in [4.69, 9.17) is 0 Å². The summed E-state index contributed by atoms with van der Waals surface area (Å²) in [7, 11) is 2.15. The second-order valence-electron chi connectivity index (χ2n) is 5.88. The standard InChI is InChI=1S/C14H27N3O/c1-3-14(7-4-8-15-11-14)13(18)16-9-10-17(2)12-5-6-12/h12,15H,3-11H2,1-2H3,(H,16,18). The van der Waals surface area contributed by atoms with Gasteiger partial charge in [-0.05, 0) is 45.7 Å². The van der Waals surface area contributed by atoms with Crippen molar-refractivity contribution in [3.05, 3.63) is 0 Å². The van der Waals surface area contributed by atoms with Crippen molar-refractivity contribution in [1.29, 1.82) is 0 Å². The van der Waals surface area contributed by atoms with Gasteiger partial charge >= 0.3 is 0 Å². The maximum atomic E-state index is 12.3. The summed E-state index contributed by atoms with van der Waals surface area (Å²) in [5.41, 5.74) is -0.156. The van der Waals surface area contributed by atoms with Crippen LogP contribution in [0.1, 0.15) is 39.0 Å². The zero-order valence-corrected chi connectivity index (χ0v) is 11.8. The Labute approximate surface area is 110 Å². The summed E-state index contributed by atoms with van der Waals surface area (Å²) in [4.78, 5) is 14.7. The minimum atomic E-state index is -0.156. The van der Waals surface area contributed by atoms with Crippen LogP contribution in [-0.2, 0) is 4.79 Å². The first-order valence-corrected chi connectivity index (χ1v) is 7.37. The molecular weight excluding hydrogens is 226 g/mol. The number of nitrogens with zero attached hydrogens (tertiary/aromatic N) is 1. The van der Waals surface area contributed by atoms with E-state index in [2.05, 4.69) is 29.5 Å². The van der Waals surface area contributed by atoms with Gasteiger partial charge in [-0.3, -0.25) is 4.79 Å². The van der Waals surface area contributed by atoms with Gasteiger partial charge in [-0.15, -0.1) is 0 Å². The van der Waals surface area contributed by atoms with E-state index in [1.54, 1.807) is 0 Å². The molecule has 0 bridgehead atoms. The van der Waals surface area contributed by atoms with Crippen molar-refractivity contribution in [2.45, 2.75) is 45.1 Å². The highest BCUT2D eigenvalue weighted by molar-refractivity contribution is 5.83. The number of rotatable bonds is 6. The van der Waals surface area contributed by atoms with Crippen LogP contribution in [0, 0.1) is 5.41 Å². The third kappa shape index (κ3) is 3.23. The average Bonchev–Trinajstić information content (AvgIpc) is 3.23. The number of likely N-dealkylation sites (N-methyl/N-ethyl adjacent to an activating group) is 1. The van der Waals surface area contributed by atoms with Crippen LogP contribution >= 0.6 is 0 Å². The van der Waals surface area contributed by atoms with Crippen molar-refractivity contribution in [2.75, 3.05) is 33.2 Å². The Kier molecular flexibility index (Phi) is 4.62. The van der Waals surface area contributed by atoms with Crippen molar-refractivity contribution >= 4 is 5.91 Å². The SMILES string of the molecule is CCC1(C(=O)NCCN(C)C2CC2)CCCNC1. The Bertz CT molecular complexity index is 283. The molecule has 0 radical (unpaired) electrons. The summed E-state index contributed by atoms with van der Waals surface area (Å²) in [6, 6.07) is 0.776. The van der Waals surface area contributed by atoms with Gasteiger partial charge in [0.25, 0.3) is 0 Å². The van der Waals surface area contributed by atoms with E-state index in [-0.39, 0.29) is 11.3 Å². The highest BCUT2D eigenvalue weighted by Crippen LogP contribution is 2.30. The molecule has 1 unspecified atom stereocenters. The second kappa shape index (κ2) is 6.02. The molecule has 0 aromatic carbocycles. The first kappa shape index (κ1) is 13.8. The number of nitrogens with one attached hydrogen (secondary N) is 2. The number of hydrogen-bond acceptors (Lipinski definition) is 3. The molecule has 104 valence electrons. The highest BCUT2D eigenvalue weighted by Gasteiger charge is 2.37. The van der Waals surface area contributed by atoms with Crippen LogP contribution in [0.3, 0.4) is 0 Å². The molecule has 1 atom stereocenters. The van der Waals surface area contributed by atoms with E-state index >= 15 is 0 Å². The molecule has 1 saturated carbocycles. The Morgan fingerprint density at radius 2 is 2.28 bits per heavy atom. The fourth-order valence-corrected chi connectivity index (χ4v) is 2.86. The van der Waals surface area contributed by atoms with Crippen molar-refractivity contribution in [3.63, 3.8) is 0 Å². The molecule has 2 N–H and O–H groups in total. The molecular formula is C14H27N3O. The summed E-state index contributed by atoms with van der Waals surface area (Å²) in [6.45, 7) is 5.79. The summed E-state index contributed by atoms with van der Waals surface area (Å²) < 4.78 is 0. The van der Waals surface area contributed by atoms with Gasteiger partial charge in [0.1, 0.15) is 0 Å². The lowest BCUT2D eigenvalue weighted by molar-refractivity contribution is -0.132. The van der Waals surface area contributed by atoms with E-state index in [0.29, 0.717) is 0 Å². The molecule has 18 heavy (non-hydrogen) atoms. The normalized spacial score (nSPS) is 28.4. The Balaban J connectivity index is 1.74. The van der Waals surface area contributed by atoms with Crippen LogP contribution in [0.4, 0.5) is 0 Å². The number of amides is 1. The molecule has 4 heteroatoms. The van der Waals surface area contributed by atoms with Crippen LogP contribution in [0.5, 0.6) is 0 Å². The molecule has 1 amide bonds. The summed E-state index contributed by atoms with van der Waals surface area (Å²) in [6.07, 6.45) is 5.73. The zero-order valence-electron chi connectivity index (χ0n) is 11.8. The lowest BCUT2D eigenvalue weighted by atomic mass is 9.77. The molecule has 0 spiro atoms. The van der Waals surface area contributed by atoms with E-state index < -0.39 is 0 Å². The highest BCUT2D eigenvalue weighted by atomic mass is 16.2. The van der Waals surface area contributed by atoms with E-state index in [1.165, 1.54) is 12.8 Å². The van der Waals surface area contributed by atoms with Crippen molar-refractivity contribution in [2.24, 2.45) is 5.41 Å². The first-order valence-electron chi connectivity index (χ1n) is 7.37. The third-order valence-electron chi connectivity index (χ3n) is 4.55. The topological polar surface area (TPSA) is 44.4 Å². The molecule has 2 aliphatic rings. The van der Waals surface area contributed by atoms with Gasteiger partial charge in [0.15, 0.2) is 0 Å². The van der Waals surface area contributed by atoms with Gasteiger partial charge < -0.3 is 15.5 Å². The maximum Gasteiger partial charge on any atom is 0.227 e. The fraction of sp³-hybridized carbons (Fsp3) is 0.929. The second-order valence-corrected chi connectivity index (χ2v) is 5.88. The quantitative estimate of drug-likeness (QED) is 0.741. The molecule has 1 heterocycles. The van der Waals surface area contributed by atoms with Crippen molar-refractivity contribution in [3.8, 4) is 0 Å². The number of hydrogen-bond donors (Lipinski definition) is 2. The third-order valence-corrected chi connectivity index (χ3v) is 4.55. The van der Waals surface area contributed by atoms with Gasteiger partial charge in [0.2, 0.25) is 5.91 Å². The largest absolute Gasteiger partial charge is 0.354 e. The number of piperidine rings is 1. The Hall–Kier alpha value is -0.610. The van der Waals surface area contributed by atoms with Crippen molar-refractivity contribution in [1.82, 2.24) is 15.5 Å². The lowest BCUT2D eigenvalue weighted by Crippen LogP contribution is -2.51. The van der Waals surface area contributed by atoms with Gasteiger partial charge in [-0.1, -0.05) is 6.92 Å². The zero-order chi connectivity index (χ0) is 13.0. The molecule has 0 aromatic rings. The van der Waals surface area contributed by atoms with Crippen LogP contribution in [0.2, 0.25) is 0 Å². The summed E-state index contributed by atoms with van der Waals surface area (Å²) in [5, 5.41) is 6.50. The molecule has 0 aromatic heterocycles. The fourth-order valence-electron chi connectivity index (χ4n) is 2.86. The van der Waals surface area contributed by atoms with Gasteiger partial charge in [0.05, 0.1) is 5.41 Å². The minimum absolute atomic E-state index is 0.156. The maximum absolute atomic E-state index is 12.3. The van der Waals surface area contributed by atoms with Crippen LogP contribution in [0.15, 0.2) is 0 Å². The summed E-state index contributed by atoms with van der Waals surface area (Å²) >= 11 is 0. The molecule has 1 aliphatic heterocycles. The smallest absolute Gasteiger partial charge is 0.227 e. The molecule has 4 nitrogen and oxygen atoms in total. The van der Waals surface area contributed by atoms with Gasteiger partial charge in [-0.2, -0.15) is 0 Å². The van der Waals surface area contributed by atoms with Gasteiger partial charge in [0, 0.05) is 25.7 Å². The molecule has 2 rings (SSSR count). The average molecular weight is 253 g/mol. The number of carbonyl (C=O) groups is 1. The van der Waals surface area contributed by atoms with E-state index in [0.717, 1.165) is 51.5 Å². The van der Waals surface area contributed by atoms with Gasteiger partial charge in [-0.25, -0.2) is 0 Å². The lowest BCUT2D eigenvalue weighted by Gasteiger charge is -2.35. The predicted octanol–water partition coefficient (Wildman–Crippen LogP) is 0.977. The number of carbonyl (C=O) groups excluding carboxylic acids is 1. The van der Waals surface area contributed by atoms with Crippen LogP contribution in [-0.4, -0.2) is 50.1 Å². The molecule has 1 aliphatic carbocycles. The molecule has 1 saturated heterocycles. The van der Waals surface area contributed by atoms with E-state index in [1.807, 2.05) is 0 Å². The minimum Gasteiger partial charge on any atom is -0.354 e. The summed E-state index contributed by atoms with van der Waals surface area (Å²) in [5.74, 6) is 0.251. The van der Waals surface area contributed by atoms with E-state index in [9.17, 15) is 4.79 Å². The van der Waals surface area contributed by atoms with Crippen LogP contribution < -0.4 is 10.6 Å². The Morgan fingerprint density at radius 3 is 2.83 bits per heavy atom. The van der Waals surface area contributed by atoms with Crippen LogP contribution in [0.25, 0.3) is 0 Å². The molecule has 2 fully saturated rings. The first-order chi connectivity index (χ1) is 8.68. The van der Waals surface area contributed by atoms with Crippen molar-refractivity contribution < 1.29 is 4.79 Å². The predicted molar refractivity (Wildman–Crippen MR) is 73.5 cm³/mol. The monoisotopic (exact) mass is 253 g/mol. The Morgan fingerprint density at radius 1 is 1.50 bits per heavy atom.